The number of ether oxygens (including phenoxy) is 1. The average molecular weight is 398 g/mol. The lowest BCUT2D eigenvalue weighted by Gasteiger charge is -2.08. The van der Waals surface area contributed by atoms with Gasteiger partial charge in [0.1, 0.15) is 5.75 Å². The van der Waals surface area contributed by atoms with Crippen molar-refractivity contribution in [2.75, 3.05) is 19.7 Å². The standard InChI is InChI=1S/C25H35NO3/c27-25(28)18-20-26-19-9-13-23-14-16-24(17-15-23)29-21-8-3-1-2-5-10-22-11-6-4-7-12-22/h4,6-7,11-12,14-17,26H,1-3,5,8-10,13,18-21H2,(H,27,28). The van der Waals surface area contributed by atoms with Gasteiger partial charge in [0.15, 0.2) is 0 Å². The van der Waals surface area contributed by atoms with E-state index in [0.29, 0.717) is 6.54 Å². The summed E-state index contributed by atoms with van der Waals surface area (Å²) in [6.07, 6.45) is 9.51. The van der Waals surface area contributed by atoms with Crippen LogP contribution in [0.4, 0.5) is 0 Å². The van der Waals surface area contributed by atoms with Gasteiger partial charge in [-0.05, 0) is 61.9 Å². The Morgan fingerprint density at radius 1 is 0.759 bits per heavy atom. The molecule has 4 nitrogen and oxygen atoms in total. The van der Waals surface area contributed by atoms with Gasteiger partial charge in [-0.3, -0.25) is 4.79 Å². The predicted molar refractivity (Wildman–Crippen MR) is 119 cm³/mol. The lowest BCUT2D eigenvalue weighted by Crippen LogP contribution is -2.19. The van der Waals surface area contributed by atoms with Gasteiger partial charge in [0.25, 0.3) is 0 Å². The molecule has 0 aromatic heterocycles. The number of benzene rings is 2. The van der Waals surface area contributed by atoms with Crippen LogP contribution in [-0.4, -0.2) is 30.8 Å². The Balaban J connectivity index is 1.44. The summed E-state index contributed by atoms with van der Waals surface area (Å²) in [4.78, 5) is 10.4. The fraction of sp³-hybridized carbons (Fsp3) is 0.480. The number of rotatable bonds is 16. The summed E-state index contributed by atoms with van der Waals surface area (Å²) < 4.78 is 5.85. The molecule has 0 atom stereocenters. The lowest BCUT2D eigenvalue weighted by atomic mass is 10.1. The summed E-state index contributed by atoms with van der Waals surface area (Å²) in [5, 5.41) is 11.7. The number of aryl methyl sites for hydroxylation is 2. The van der Waals surface area contributed by atoms with Crippen molar-refractivity contribution in [1.82, 2.24) is 5.32 Å². The first kappa shape index (κ1) is 23.0. The Kier molecular flexibility index (Phi) is 11.6. The highest BCUT2D eigenvalue weighted by molar-refractivity contribution is 5.66. The van der Waals surface area contributed by atoms with E-state index in [1.165, 1.54) is 43.2 Å². The number of carbonyl (C=O) groups is 1. The van der Waals surface area contributed by atoms with Crippen LogP contribution in [0.1, 0.15) is 56.1 Å². The van der Waals surface area contributed by atoms with Gasteiger partial charge in [-0.25, -0.2) is 0 Å². The topological polar surface area (TPSA) is 58.6 Å². The minimum Gasteiger partial charge on any atom is -0.494 e. The van der Waals surface area contributed by atoms with Crippen LogP contribution in [0.25, 0.3) is 0 Å². The summed E-state index contributed by atoms with van der Waals surface area (Å²) in [6, 6.07) is 19.1. The van der Waals surface area contributed by atoms with Crippen molar-refractivity contribution in [3.8, 4) is 5.75 Å². The van der Waals surface area contributed by atoms with Crippen molar-refractivity contribution in [2.45, 2.75) is 57.8 Å². The molecule has 29 heavy (non-hydrogen) atoms. The molecule has 2 aromatic rings. The number of carboxylic acid groups (broad SMARTS) is 1. The molecular formula is C25H35NO3. The van der Waals surface area contributed by atoms with Crippen LogP contribution in [0.5, 0.6) is 5.75 Å². The molecule has 2 N–H and O–H groups in total. The van der Waals surface area contributed by atoms with Gasteiger partial charge in [0.05, 0.1) is 13.0 Å². The average Bonchev–Trinajstić information content (AvgIpc) is 2.74. The van der Waals surface area contributed by atoms with Crippen molar-refractivity contribution in [2.24, 2.45) is 0 Å². The normalized spacial score (nSPS) is 10.8. The van der Waals surface area contributed by atoms with Crippen LogP contribution in [0.15, 0.2) is 54.6 Å². The highest BCUT2D eigenvalue weighted by Crippen LogP contribution is 2.14. The molecule has 2 aromatic carbocycles. The molecule has 2 rings (SSSR count). The molecule has 0 saturated carbocycles. The summed E-state index contributed by atoms with van der Waals surface area (Å²) >= 11 is 0. The zero-order valence-corrected chi connectivity index (χ0v) is 17.4. The van der Waals surface area contributed by atoms with E-state index >= 15 is 0 Å². The molecule has 0 aliphatic heterocycles. The number of hydrogen-bond acceptors (Lipinski definition) is 3. The Morgan fingerprint density at radius 3 is 2.17 bits per heavy atom. The highest BCUT2D eigenvalue weighted by Gasteiger charge is 1.99. The van der Waals surface area contributed by atoms with Crippen molar-refractivity contribution in [1.29, 1.82) is 0 Å². The third-order valence-corrected chi connectivity index (χ3v) is 4.98. The summed E-state index contributed by atoms with van der Waals surface area (Å²) in [7, 11) is 0. The zero-order valence-electron chi connectivity index (χ0n) is 17.4. The maximum absolute atomic E-state index is 10.4. The first-order chi connectivity index (χ1) is 14.2. The Hall–Kier alpha value is -2.33. The molecule has 0 bridgehead atoms. The van der Waals surface area contributed by atoms with E-state index in [0.717, 1.165) is 38.2 Å². The van der Waals surface area contributed by atoms with Crippen molar-refractivity contribution in [3.05, 3.63) is 65.7 Å². The van der Waals surface area contributed by atoms with Crippen molar-refractivity contribution in [3.63, 3.8) is 0 Å². The molecule has 4 heteroatoms. The maximum Gasteiger partial charge on any atom is 0.304 e. The molecular weight excluding hydrogens is 362 g/mol. The van der Waals surface area contributed by atoms with Gasteiger partial charge in [-0.2, -0.15) is 0 Å². The number of aliphatic carboxylic acids is 1. The molecule has 158 valence electrons. The van der Waals surface area contributed by atoms with Crippen LogP contribution in [-0.2, 0) is 17.6 Å². The van der Waals surface area contributed by atoms with E-state index in [2.05, 4.69) is 47.8 Å². The largest absolute Gasteiger partial charge is 0.494 e. The number of carboxylic acids is 1. The monoisotopic (exact) mass is 397 g/mol. The molecule has 0 heterocycles. The first-order valence-corrected chi connectivity index (χ1v) is 10.9. The summed E-state index contributed by atoms with van der Waals surface area (Å²) in [5.41, 5.74) is 2.73. The second kappa shape index (κ2) is 14.6. The van der Waals surface area contributed by atoms with Crippen LogP contribution in [0.3, 0.4) is 0 Å². The maximum atomic E-state index is 10.4. The van der Waals surface area contributed by atoms with E-state index < -0.39 is 5.97 Å². The van der Waals surface area contributed by atoms with Crippen LogP contribution in [0.2, 0.25) is 0 Å². The molecule has 0 aliphatic rings. The summed E-state index contributed by atoms with van der Waals surface area (Å²) in [6.45, 7) is 2.16. The van der Waals surface area contributed by atoms with E-state index in [1.807, 2.05) is 12.1 Å². The number of hydrogen-bond donors (Lipinski definition) is 2. The second-order valence-electron chi connectivity index (χ2n) is 7.49. The van der Waals surface area contributed by atoms with Crippen molar-refractivity contribution >= 4 is 5.97 Å². The lowest BCUT2D eigenvalue weighted by molar-refractivity contribution is -0.136. The van der Waals surface area contributed by atoms with Crippen LogP contribution in [0, 0.1) is 0 Å². The minimum atomic E-state index is -0.754. The quantitative estimate of drug-likeness (QED) is 0.380. The Morgan fingerprint density at radius 2 is 1.41 bits per heavy atom. The molecule has 0 radical (unpaired) electrons. The smallest absolute Gasteiger partial charge is 0.304 e. The van der Waals surface area contributed by atoms with Gasteiger partial charge in [-0.1, -0.05) is 61.7 Å². The van der Waals surface area contributed by atoms with E-state index in [9.17, 15) is 4.79 Å². The van der Waals surface area contributed by atoms with Crippen LogP contribution >= 0.6 is 0 Å². The Labute approximate surface area is 175 Å². The Bertz CT molecular complexity index is 670. The number of nitrogens with one attached hydrogen (secondary N) is 1. The van der Waals surface area contributed by atoms with Crippen LogP contribution < -0.4 is 10.1 Å². The minimum absolute atomic E-state index is 0.180. The highest BCUT2D eigenvalue weighted by atomic mass is 16.5. The van der Waals surface area contributed by atoms with Gasteiger partial charge >= 0.3 is 5.97 Å². The van der Waals surface area contributed by atoms with E-state index in [-0.39, 0.29) is 6.42 Å². The fourth-order valence-corrected chi connectivity index (χ4v) is 3.29. The molecule has 0 fully saturated rings. The third kappa shape index (κ3) is 11.3. The van der Waals surface area contributed by atoms with Gasteiger partial charge in [0.2, 0.25) is 0 Å². The number of unbranched alkanes of at least 4 members (excludes halogenated alkanes) is 4. The first-order valence-electron chi connectivity index (χ1n) is 10.9. The summed E-state index contributed by atoms with van der Waals surface area (Å²) in [5.74, 6) is 0.188. The predicted octanol–water partition coefficient (Wildman–Crippen LogP) is 5.26. The van der Waals surface area contributed by atoms with Crippen molar-refractivity contribution < 1.29 is 14.6 Å². The third-order valence-electron chi connectivity index (χ3n) is 4.98. The molecule has 0 saturated heterocycles. The fourth-order valence-electron chi connectivity index (χ4n) is 3.29. The van der Waals surface area contributed by atoms with E-state index in [1.54, 1.807) is 0 Å². The second-order valence-corrected chi connectivity index (χ2v) is 7.49. The molecule has 0 unspecified atom stereocenters. The van der Waals surface area contributed by atoms with Gasteiger partial charge in [0, 0.05) is 6.54 Å². The molecule has 0 amide bonds. The zero-order chi connectivity index (χ0) is 20.6. The SMILES string of the molecule is O=C(O)CCNCCCc1ccc(OCCCCCCCc2ccccc2)cc1. The van der Waals surface area contributed by atoms with Gasteiger partial charge in [-0.15, -0.1) is 0 Å². The van der Waals surface area contributed by atoms with Gasteiger partial charge < -0.3 is 15.2 Å². The van der Waals surface area contributed by atoms with E-state index in [4.69, 9.17) is 9.84 Å². The molecule has 0 aliphatic carbocycles. The molecule has 0 spiro atoms.